The minimum Gasteiger partial charge on any atom is -0.467 e. The first-order valence-corrected chi connectivity index (χ1v) is 7.93. The summed E-state index contributed by atoms with van der Waals surface area (Å²) in [6.45, 7) is 2.09. The molecule has 0 fully saturated rings. The van der Waals surface area contributed by atoms with E-state index in [9.17, 15) is 0 Å². The van der Waals surface area contributed by atoms with Crippen molar-refractivity contribution in [1.82, 2.24) is 24.9 Å². The lowest BCUT2D eigenvalue weighted by atomic mass is 9.98. The summed E-state index contributed by atoms with van der Waals surface area (Å²) in [5, 5.41) is 4.15. The molecular weight excluding hydrogens is 318 g/mol. The Morgan fingerprint density at radius 3 is 2.84 bits per heavy atom. The van der Waals surface area contributed by atoms with E-state index in [0.717, 1.165) is 39.9 Å². The lowest BCUT2D eigenvalue weighted by Crippen LogP contribution is -2.34. The topological polar surface area (TPSA) is 101 Å². The van der Waals surface area contributed by atoms with Crippen LogP contribution in [-0.2, 0) is 0 Å². The molecule has 8 heteroatoms. The van der Waals surface area contributed by atoms with Crippen LogP contribution < -0.4 is 20.9 Å². The molecule has 3 aromatic heterocycles. The first-order valence-electron chi connectivity index (χ1n) is 7.93. The zero-order valence-electron chi connectivity index (χ0n) is 13.9. The van der Waals surface area contributed by atoms with Gasteiger partial charge < -0.3 is 15.0 Å². The molecule has 1 atom stereocenters. The van der Waals surface area contributed by atoms with Gasteiger partial charge in [-0.05, 0) is 31.1 Å². The Morgan fingerprint density at radius 2 is 2.04 bits per heavy atom. The highest BCUT2D eigenvalue weighted by atomic mass is 16.5. The monoisotopic (exact) mass is 335 g/mol. The summed E-state index contributed by atoms with van der Waals surface area (Å²) in [5.74, 6) is 0.731. The maximum absolute atomic E-state index is 4.99. The molecule has 4 rings (SSSR count). The Balaban J connectivity index is 1.78. The maximum Gasteiger partial charge on any atom is 0.316 e. The molecule has 0 radical (unpaired) electrons. The van der Waals surface area contributed by atoms with Crippen LogP contribution in [0.3, 0.4) is 0 Å². The summed E-state index contributed by atoms with van der Waals surface area (Å²) >= 11 is 0. The number of nitrogens with one attached hydrogen (secondary N) is 2. The van der Waals surface area contributed by atoms with Gasteiger partial charge in [0.2, 0.25) is 0 Å². The molecule has 0 saturated heterocycles. The van der Waals surface area contributed by atoms with E-state index >= 15 is 0 Å². The van der Waals surface area contributed by atoms with Crippen molar-refractivity contribution < 1.29 is 4.74 Å². The summed E-state index contributed by atoms with van der Waals surface area (Å²) < 4.78 is 4.99. The smallest absolute Gasteiger partial charge is 0.316 e. The molecular formula is C17H17N7O. The highest BCUT2D eigenvalue weighted by Crippen LogP contribution is 2.27. The predicted octanol–water partition coefficient (Wildman–Crippen LogP) is 0.958. The van der Waals surface area contributed by atoms with Crippen LogP contribution >= 0.6 is 0 Å². The van der Waals surface area contributed by atoms with E-state index in [2.05, 4.69) is 42.2 Å². The number of anilines is 2. The molecule has 8 nitrogen and oxygen atoms in total. The Labute approximate surface area is 143 Å². The minimum atomic E-state index is 0.181. The van der Waals surface area contributed by atoms with Gasteiger partial charge >= 0.3 is 6.01 Å². The molecule has 2 N–H and O–H groups in total. The van der Waals surface area contributed by atoms with Crippen molar-refractivity contribution in [3.8, 4) is 6.01 Å². The molecule has 25 heavy (non-hydrogen) atoms. The van der Waals surface area contributed by atoms with Crippen LogP contribution in [-0.4, -0.2) is 38.1 Å². The summed E-state index contributed by atoms with van der Waals surface area (Å²) in [6, 6.07) is 4.46. The Kier molecular flexibility index (Phi) is 3.85. The van der Waals surface area contributed by atoms with Crippen LogP contribution in [0.1, 0.15) is 18.9 Å². The van der Waals surface area contributed by atoms with E-state index in [1.54, 1.807) is 24.9 Å². The number of ether oxygens (including phenoxy) is 1. The van der Waals surface area contributed by atoms with Gasteiger partial charge in [-0.3, -0.25) is 4.99 Å². The second-order valence-electron chi connectivity index (χ2n) is 5.74. The fraction of sp³-hybridized carbons (Fsp3) is 0.235. The standard InChI is InChI=1S/C17H17N7O/c1-10-6-13(14-16(23-10)22-9-21-14)12-4-3-5-18-15(12)24-11-7-19-17(25-2)20-8-11/h3-5,7-10H,6H2,1-2H3,(H,18,24)(H,21,22,23). The van der Waals surface area contributed by atoms with Gasteiger partial charge in [-0.1, -0.05) is 0 Å². The van der Waals surface area contributed by atoms with Crippen molar-refractivity contribution in [3.63, 3.8) is 0 Å². The van der Waals surface area contributed by atoms with Crippen molar-refractivity contribution in [3.05, 3.63) is 53.5 Å². The molecule has 0 aromatic carbocycles. The normalized spacial score (nSPS) is 16.1. The molecule has 0 spiro atoms. The molecule has 0 bridgehead atoms. The van der Waals surface area contributed by atoms with Crippen molar-refractivity contribution in [2.24, 2.45) is 4.99 Å². The van der Waals surface area contributed by atoms with Crippen LogP contribution in [0.2, 0.25) is 0 Å². The maximum atomic E-state index is 4.99. The summed E-state index contributed by atoms with van der Waals surface area (Å²) in [6.07, 6.45) is 7.55. The zero-order valence-corrected chi connectivity index (χ0v) is 13.9. The number of rotatable bonds is 4. The van der Waals surface area contributed by atoms with Gasteiger partial charge in [-0.15, -0.1) is 0 Å². The molecule has 0 saturated carbocycles. The number of pyridine rings is 1. The van der Waals surface area contributed by atoms with Gasteiger partial charge in [0.15, 0.2) is 5.49 Å². The molecule has 4 heterocycles. The van der Waals surface area contributed by atoms with Gasteiger partial charge in [0.25, 0.3) is 0 Å². The number of hydrogen-bond donors (Lipinski definition) is 2. The van der Waals surface area contributed by atoms with Crippen LogP contribution in [0, 0.1) is 0 Å². The van der Waals surface area contributed by atoms with Crippen LogP contribution in [0.25, 0.3) is 5.57 Å². The number of hydrogen-bond acceptors (Lipinski definition) is 7. The lowest BCUT2D eigenvalue weighted by Gasteiger charge is -2.17. The summed E-state index contributed by atoms with van der Waals surface area (Å²) in [5.41, 5.74) is 3.66. The average Bonchev–Trinajstić information content (AvgIpc) is 3.10. The Hall–Kier alpha value is -3.29. The fourth-order valence-corrected chi connectivity index (χ4v) is 2.87. The molecule has 1 unspecified atom stereocenters. The van der Waals surface area contributed by atoms with Gasteiger partial charge in [0.05, 0.1) is 37.6 Å². The Morgan fingerprint density at radius 1 is 1.20 bits per heavy atom. The van der Waals surface area contributed by atoms with E-state index in [1.807, 2.05) is 12.1 Å². The van der Waals surface area contributed by atoms with Gasteiger partial charge in [-0.25, -0.2) is 19.9 Å². The fourth-order valence-electron chi connectivity index (χ4n) is 2.87. The summed E-state index contributed by atoms with van der Waals surface area (Å²) in [7, 11) is 1.53. The first kappa shape index (κ1) is 15.3. The van der Waals surface area contributed by atoms with Crippen molar-refractivity contribution >= 4 is 17.1 Å². The molecule has 0 amide bonds. The second-order valence-corrected chi connectivity index (χ2v) is 5.74. The van der Waals surface area contributed by atoms with Crippen molar-refractivity contribution in [2.45, 2.75) is 19.4 Å². The molecule has 1 aliphatic rings. The third-order valence-electron chi connectivity index (χ3n) is 3.96. The van der Waals surface area contributed by atoms with Crippen LogP contribution in [0.5, 0.6) is 6.01 Å². The van der Waals surface area contributed by atoms with E-state index in [1.165, 1.54) is 7.11 Å². The average molecular weight is 335 g/mol. The number of H-pyrrole nitrogens is 1. The van der Waals surface area contributed by atoms with Crippen LogP contribution in [0.15, 0.2) is 42.0 Å². The highest BCUT2D eigenvalue weighted by Gasteiger charge is 2.18. The van der Waals surface area contributed by atoms with Crippen molar-refractivity contribution in [2.75, 3.05) is 12.4 Å². The third kappa shape index (κ3) is 2.93. The third-order valence-corrected chi connectivity index (χ3v) is 3.96. The zero-order chi connectivity index (χ0) is 17.2. The van der Waals surface area contributed by atoms with E-state index in [-0.39, 0.29) is 6.04 Å². The highest BCUT2D eigenvalue weighted by molar-refractivity contribution is 5.76. The minimum absolute atomic E-state index is 0.181. The van der Waals surface area contributed by atoms with E-state index in [0.29, 0.717) is 6.01 Å². The lowest BCUT2D eigenvalue weighted by molar-refractivity contribution is 0.380. The van der Waals surface area contributed by atoms with Gasteiger partial charge in [0.1, 0.15) is 11.2 Å². The number of imidazole rings is 1. The summed E-state index contributed by atoms with van der Waals surface area (Å²) in [4.78, 5) is 24.8. The number of nitrogens with zero attached hydrogens (tertiary/aromatic N) is 5. The number of fused-ring (bicyclic) bond motifs is 1. The van der Waals surface area contributed by atoms with Gasteiger partial charge in [-0.2, -0.15) is 0 Å². The Bertz CT molecular complexity index is 1010. The van der Waals surface area contributed by atoms with Crippen LogP contribution in [0.4, 0.5) is 11.5 Å². The van der Waals surface area contributed by atoms with Gasteiger partial charge in [0, 0.05) is 11.8 Å². The second kappa shape index (κ2) is 6.31. The number of aromatic amines is 1. The quantitative estimate of drug-likeness (QED) is 0.736. The predicted molar refractivity (Wildman–Crippen MR) is 92.1 cm³/mol. The molecule has 1 aliphatic heterocycles. The number of aromatic nitrogens is 5. The molecule has 3 aromatic rings. The molecule has 0 aliphatic carbocycles. The first-order chi connectivity index (χ1) is 12.2. The molecule has 126 valence electrons. The number of methoxy groups -OCH3 is 1. The van der Waals surface area contributed by atoms with E-state index < -0.39 is 0 Å². The SMILES string of the molecule is COc1ncc(Nc2ncccc2C2=c3nc[nH]c3=NC(C)C2)cn1. The van der Waals surface area contributed by atoms with Crippen molar-refractivity contribution in [1.29, 1.82) is 0 Å². The van der Waals surface area contributed by atoms with E-state index in [4.69, 9.17) is 4.74 Å². The largest absolute Gasteiger partial charge is 0.467 e.